The Morgan fingerprint density at radius 3 is 3.09 bits per heavy atom. The molecule has 1 aromatic carbocycles. The van der Waals surface area contributed by atoms with Crippen LogP contribution in [0.2, 0.25) is 0 Å². The molecule has 116 valence electrons. The van der Waals surface area contributed by atoms with Gasteiger partial charge in [-0.3, -0.25) is 9.69 Å². The molecular weight excluding hydrogens is 276 g/mol. The zero-order valence-electron chi connectivity index (χ0n) is 13.1. The maximum Gasteiger partial charge on any atom is 0.309 e. The summed E-state index contributed by atoms with van der Waals surface area (Å²) in [5.41, 5.74) is 4.04. The number of benzene rings is 1. The summed E-state index contributed by atoms with van der Waals surface area (Å²) in [6.45, 7) is 3.98. The molecule has 1 fully saturated rings. The molecule has 2 aliphatic rings. The molecule has 4 nitrogen and oxygen atoms in total. The summed E-state index contributed by atoms with van der Waals surface area (Å²) in [5.74, 6) is 0.343. The predicted molar refractivity (Wildman–Crippen MR) is 85.9 cm³/mol. The van der Waals surface area contributed by atoms with E-state index in [0.29, 0.717) is 12.0 Å². The fraction of sp³-hybridized carbons (Fsp3) is 0.500. The Morgan fingerprint density at radius 2 is 2.32 bits per heavy atom. The van der Waals surface area contributed by atoms with E-state index in [2.05, 4.69) is 41.2 Å². The highest BCUT2D eigenvalue weighted by molar-refractivity contribution is 5.88. The maximum atomic E-state index is 12.1. The van der Waals surface area contributed by atoms with Crippen LogP contribution in [0.25, 0.3) is 10.9 Å². The molecular formula is C18H22N2O2. The molecule has 4 rings (SSSR count). The van der Waals surface area contributed by atoms with Crippen LogP contribution in [0.1, 0.15) is 30.4 Å². The quantitative estimate of drug-likeness (QED) is 0.867. The highest BCUT2D eigenvalue weighted by atomic mass is 16.5. The third-order valence-electron chi connectivity index (χ3n) is 5.52. The van der Waals surface area contributed by atoms with Crippen molar-refractivity contribution in [2.75, 3.05) is 20.2 Å². The SMILES string of the molecule is CCN1C[C@H](C(=O)OC)CC2c3cccc4[nH]cc(c34)C[C@H]21. The number of ether oxygens (including phenoxy) is 1. The standard InChI is InChI=1S/C18H22N2O2/c1-3-20-10-12(18(21)22-2)7-14-13-5-4-6-15-17(13)11(9-19-15)8-16(14)20/h4-6,9,12,14,16,19H,3,7-8,10H2,1-2H3/t12-,14?,16-/m1/s1. The molecule has 1 aromatic heterocycles. The van der Waals surface area contributed by atoms with E-state index in [1.807, 2.05) is 0 Å². The number of H-pyrrole nitrogens is 1. The summed E-state index contributed by atoms with van der Waals surface area (Å²) in [5, 5.41) is 1.38. The van der Waals surface area contributed by atoms with Crippen molar-refractivity contribution in [3.05, 3.63) is 35.5 Å². The zero-order valence-corrected chi connectivity index (χ0v) is 13.1. The van der Waals surface area contributed by atoms with E-state index in [1.54, 1.807) is 0 Å². The second-order valence-electron chi connectivity index (χ2n) is 6.51. The number of carbonyl (C=O) groups is 1. The number of nitrogens with one attached hydrogen (secondary N) is 1. The van der Waals surface area contributed by atoms with Crippen LogP contribution in [0, 0.1) is 5.92 Å². The highest BCUT2D eigenvalue weighted by Gasteiger charge is 2.42. The number of methoxy groups -OCH3 is 1. The molecule has 1 aliphatic heterocycles. The van der Waals surface area contributed by atoms with Crippen LogP contribution in [0.15, 0.2) is 24.4 Å². The van der Waals surface area contributed by atoms with Crippen LogP contribution in [-0.2, 0) is 16.0 Å². The van der Waals surface area contributed by atoms with E-state index in [1.165, 1.54) is 29.1 Å². The van der Waals surface area contributed by atoms with Gasteiger partial charge in [0.25, 0.3) is 0 Å². The van der Waals surface area contributed by atoms with Gasteiger partial charge in [-0.05, 0) is 36.6 Å². The Morgan fingerprint density at radius 1 is 1.45 bits per heavy atom. The highest BCUT2D eigenvalue weighted by Crippen LogP contribution is 2.44. The smallest absolute Gasteiger partial charge is 0.309 e. The van der Waals surface area contributed by atoms with E-state index in [9.17, 15) is 4.79 Å². The van der Waals surface area contributed by atoms with Crippen molar-refractivity contribution in [1.29, 1.82) is 0 Å². The minimum atomic E-state index is -0.0658. The van der Waals surface area contributed by atoms with Crippen LogP contribution in [0.3, 0.4) is 0 Å². The maximum absolute atomic E-state index is 12.1. The van der Waals surface area contributed by atoms with Crippen LogP contribution < -0.4 is 0 Å². The average molecular weight is 298 g/mol. The van der Waals surface area contributed by atoms with Crippen LogP contribution in [0.5, 0.6) is 0 Å². The number of hydrogen-bond acceptors (Lipinski definition) is 3. The molecule has 0 spiro atoms. The Labute approximate surface area is 130 Å². The van der Waals surface area contributed by atoms with E-state index in [4.69, 9.17) is 4.74 Å². The van der Waals surface area contributed by atoms with Crippen LogP contribution in [0.4, 0.5) is 0 Å². The fourth-order valence-electron chi connectivity index (χ4n) is 4.50. The molecule has 1 saturated heterocycles. The molecule has 0 saturated carbocycles. The summed E-state index contributed by atoms with van der Waals surface area (Å²) in [4.78, 5) is 17.9. The van der Waals surface area contributed by atoms with E-state index in [0.717, 1.165) is 25.9 Å². The van der Waals surface area contributed by atoms with E-state index < -0.39 is 0 Å². The van der Waals surface area contributed by atoms with E-state index in [-0.39, 0.29) is 11.9 Å². The van der Waals surface area contributed by atoms with Gasteiger partial charge in [0, 0.05) is 35.6 Å². The fourth-order valence-corrected chi connectivity index (χ4v) is 4.50. The second-order valence-corrected chi connectivity index (χ2v) is 6.51. The van der Waals surface area contributed by atoms with Crippen molar-refractivity contribution in [1.82, 2.24) is 9.88 Å². The molecule has 0 bridgehead atoms. The largest absolute Gasteiger partial charge is 0.469 e. The van der Waals surface area contributed by atoms with Gasteiger partial charge in [-0.2, -0.15) is 0 Å². The number of aromatic amines is 1. The Bertz CT molecular complexity index is 721. The number of carbonyl (C=O) groups excluding carboxylic acids is 1. The first kappa shape index (κ1) is 13.8. The van der Waals surface area contributed by atoms with Crippen molar-refractivity contribution in [3.8, 4) is 0 Å². The van der Waals surface area contributed by atoms with Gasteiger partial charge >= 0.3 is 5.97 Å². The Balaban J connectivity index is 1.79. The first-order chi connectivity index (χ1) is 10.7. The molecule has 1 aliphatic carbocycles. The predicted octanol–water partition coefficient (Wildman–Crippen LogP) is 2.69. The van der Waals surface area contributed by atoms with Crippen molar-refractivity contribution in [3.63, 3.8) is 0 Å². The van der Waals surface area contributed by atoms with Gasteiger partial charge < -0.3 is 9.72 Å². The van der Waals surface area contributed by atoms with Gasteiger partial charge in [-0.1, -0.05) is 19.1 Å². The monoisotopic (exact) mass is 298 g/mol. The Kier molecular flexibility index (Phi) is 3.22. The molecule has 22 heavy (non-hydrogen) atoms. The van der Waals surface area contributed by atoms with Crippen molar-refractivity contribution in [2.45, 2.75) is 31.7 Å². The van der Waals surface area contributed by atoms with Gasteiger partial charge in [-0.25, -0.2) is 0 Å². The first-order valence-corrected chi connectivity index (χ1v) is 8.13. The van der Waals surface area contributed by atoms with Gasteiger partial charge in [0.15, 0.2) is 0 Å². The van der Waals surface area contributed by atoms with Crippen LogP contribution in [-0.4, -0.2) is 42.1 Å². The third-order valence-corrected chi connectivity index (χ3v) is 5.52. The molecule has 0 radical (unpaired) electrons. The lowest BCUT2D eigenvalue weighted by Gasteiger charge is -2.46. The second kappa shape index (κ2) is 5.13. The van der Waals surface area contributed by atoms with E-state index >= 15 is 0 Å². The van der Waals surface area contributed by atoms with Crippen LogP contribution >= 0.6 is 0 Å². The van der Waals surface area contributed by atoms with Crippen molar-refractivity contribution < 1.29 is 9.53 Å². The molecule has 3 atom stereocenters. The molecule has 2 aromatic rings. The summed E-state index contributed by atoms with van der Waals surface area (Å²) in [7, 11) is 1.50. The zero-order chi connectivity index (χ0) is 15.3. The number of aromatic nitrogens is 1. The summed E-state index contributed by atoms with van der Waals surface area (Å²) in [6.07, 6.45) is 4.13. The lowest BCUT2D eigenvalue weighted by molar-refractivity contribution is -0.148. The average Bonchev–Trinajstić information content (AvgIpc) is 2.98. The molecule has 2 heterocycles. The molecule has 1 N–H and O–H groups in total. The Hall–Kier alpha value is -1.81. The summed E-state index contributed by atoms with van der Waals surface area (Å²) < 4.78 is 5.02. The van der Waals surface area contributed by atoms with Gasteiger partial charge in [0.05, 0.1) is 13.0 Å². The number of piperidine rings is 1. The number of fused-ring (bicyclic) bond motifs is 2. The minimum absolute atomic E-state index is 0.0121. The molecule has 0 amide bonds. The van der Waals surface area contributed by atoms with Crippen molar-refractivity contribution >= 4 is 16.9 Å². The van der Waals surface area contributed by atoms with Gasteiger partial charge in [-0.15, -0.1) is 0 Å². The number of rotatable bonds is 2. The number of hydrogen-bond donors (Lipinski definition) is 1. The summed E-state index contributed by atoms with van der Waals surface area (Å²) >= 11 is 0. The topological polar surface area (TPSA) is 45.3 Å². The van der Waals surface area contributed by atoms with Gasteiger partial charge in [0.1, 0.15) is 0 Å². The lowest BCUT2D eigenvalue weighted by atomic mass is 9.72. The minimum Gasteiger partial charge on any atom is -0.469 e. The number of likely N-dealkylation sites (N-methyl/N-ethyl adjacent to an activating group) is 1. The van der Waals surface area contributed by atoms with Gasteiger partial charge in [0.2, 0.25) is 0 Å². The van der Waals surface area contributed by atoms with Crippen molar-refractivity contribution in [2.24, 2.45) is 5.92 Å². The first-order valence-electron chi connectivity index (χ1n) is 8.13. The molecule has 1 unspecified atom stereocenters. The molecule has 4 heteroatoms. The normalized spacial score (nSPS) is 27.6. The third kappa shape index (κ3) is 1.90. The number of nitrogens with zero attached hydrogens (tertiary/aromatic N) is 1. The lowest BCUT2D eigenvalue weighted by Crippen LogP contribution is -2.51. The summed E-state index contributed by atoms with van der Waals surface area (Å²) in [6, 6.07) is 7.00. The number of likely N-dealkylation sites (tertiary alicyclic amines) is 1. The number of esters is 1.